The van der Waals surface area contributed by atoms with E-state index < -0.39 is 50.3 Å². The van der Waals surface area contributed by atoms with E-state index in [1.165, 1.54) is 0 Å². The van der Waals surface area contributed by atoms with Crippen molar-refractivity contribution >= 4 is 23.4 Å². The maximum absolute atomic E-state index is 14.4. The summed E-state index contributed by atoms with van der Waals surface area (Å²) in [5, 5.41) is 9.88. The number of nitriles is 1. The second-order valence-electron chi connectivity index (χ2n) is 15.1. The Hall–Kier alpha value is -2.75. The number of rotatable bonds is 3. The van der Waals surface area contributed by atoms with Crippen molar-refractivity contribution in [2.45, 2.75) is 99.5 Å². The lowest BCUT2D eigenvalue weighted by molar-refractivity contribution is -0.199. The second kappa shape index (κ2) is 7.71. The van der Waals surface area contributed by atoms with Crippen molar-refractivity contribution in [2.75, 3.05) is 0 Å². The summed E-state index contributed by atoms with van der Waals surface area (Å²) in [5.41, 5.74) is 0.904. The SMILES string of the molecule is CC1C2(CCC(C)(C)C)CC[C@@]3(C)[C@]4(C)CCC5[C@](C)(C(N)=O)C(=O)C(C#N)=C[C@]5(C)C4=CC(=O)[C@]13OC2=O. The van der Waals surface area contributed by atoms with Crippen LogP contribution in [0.15, 0.2) is 23.3 Å². The zero-order valence-electron chi connectivity index (χ0n) is 24.6. The highest BCUT2D eigenvalue weighted by atomic mass is 16.6. The van der Waals surface area contributed by atoms with E-state index in [-0.39, 0.29) is 28.7 Å². The van der Waals surface area contributed by atoms with Crippen molar-refractivity contribution in [3.05, 3.63) is 23.3 Å². The zero-order valence-corrected chi connectivity index (χ0v) is 24.6. The molecule has 0 aromatic carbocycles. The highest BCUT2D eigenvalue weighted by Crippen LogP contribution is 2.76. The molecule has 1 saturated heterocycles. The molecule has 1 spiro atoms. The first-order valence-electron chi connectivity index (χ1n) is 14.3. The smallest absolute Gasteiger partial charge is 0.313 e. The van der Waals surface area contributed by atoms with Crippen LogP contribution in [0.5, 0.6) is 0 Å². The predicted octanol–water partition coefficient (Wildman–Crippen LogP) is 4.99. The fraction of sp³-hybridized carbons (Fsp3) is 0.719. The number of ether oxygens (including phenoxy) is 1. The largest absolute Gasteiger partial charge is 0.449 e. The lowest BCUT2D eigenvalue weighted by Gasteiger charge is -2.67. The maximum atomic E-state index is 14.4. The molecule has 1 heterocycles. The van der Waals surface area contributed by atoms with Crippen molar-refractivity contribution in [3.8, 4) is 6.07 Å². The molecule has 39 heavy (non-hydrogen) atoms. The molecule has 3 fully saturated rings. The van der Waals surface area contributed by atoms with Crippen LogP contribution in [0.1, 0.15) is 93.9 Å². The average Bonchev–Trinajstić information content (AvgIpc) is 2.99. The van der Waals surface area contributed by atoms with Crippen LogP contribution in [0.2, 0.25) is 0 Å². The summed E-state index contributed by atoms with van der Waals surface area (Å²) in [4.78, 5) is 54.3. The van der Waals surface area contributed by atoms with E-state index >= 15 is 0 Å². The third-order valence-electron chi connectivity index (χ3n) is 12.5. The van der Waals surface area contributed by atoms with Crippen molar-refractivity contribution in [1.29, 1.82) is 5.26 Å². The number of hydrogen-bond donors (Lipinski definition) is 1. The van der Waals surface area contributed by atoms with E-state index in [9.17, 15) is 24.4 Å². The second-order valence-corrected chi connectivity index (χ2v) is 15.1. The Bertz CT molecular complexity index is 1330. The lowest BCUT2D eigenvalue weighted by atomic mass is 9.34. The number of primary amides is 1. The fourth-order valence-corrected chi connectivity index (χ4v) is 9.75. The summed E-state index contributed by atoms with van der Waals surface area (Å²) < 4.78 is 6.37. The van der Waals surface area contributed by atoms with Gasteiger partial charge in [0, 0.05) is 16.7 Å². The molecule has 4 aliphatic carbocycles. The van der Waals surface area contributed by atoms with Crippen molar-refractivity contribution in [3.63, 3.8) is 0 Å². The minimum absolute atomic E-state index is 0.0458. The number of nitrogens with zero attached hydrogens (tertiary/aromatic N) is 1. The molecule has 2 N–H and O–H groups in total. The monoisotopic (exact) mass is 534 g/mol. The normalized spacial score (nSPS) is 46.7. The number of nitrogens with two attached hydrogens (primary N) is 1. The van der Waals surface area contributed by atoms with Gasteiger partial charge in [-0.3, -0.25) is 19.2 Å². The quantitative estimate of drug-likeness (QED) is 0.401. The number of allylic oxidation sites excluding steroid dienone is 3. The molecule has 7 nitrogen and oxygen atoms in total. The molecule has 0 aromatic heterocycles. The molecule has 7 heteroatoms. The topological polar surface area (TPSA) is 127 Å². The number of esters is 1. The molecule has 5 aliphatic rings. The summed E-state index contributed by atoms with van der Waals surface area (Å²) in [7, 11) is 0. The Kier molecular flexibility index (Phi) is 5.49. The molecular weight excluding hydrogens is 492 g/mol. The minimum atomic E-state index is -1.56. The first-order chi connectivity index (χ1) is 17.8. The van der Waals surface area contributed by atoms with Crippen molar-refractivity contribution in [2.24, 2.45) is 50.1 Å². The standard InChI is InChI=1S/C32H42N2O5/c1-18-31(13-11-26(2,3)4)14-12-29(7)28(6)10-9-20-27(5,16-19(17-33)23(36)30(20,8)24(34)37)21(28)15-22(35)32(18,29)39-25(31)38/h15-16,18,20H,9-14H2,1-8H3,(H2,34,37)/t18?,20?,27-,28+,29-,30-,31?,32+/m0/s1. The first kappa shape index (κ1) is 27.8. The molecule has 3 unspecified atom stereocenters. The number of fused-ring (bicyclic) bond motifs is 5. The van der Waals surface area contributed by atoms with Crippen molar-refractivity contribution in [1.82, 2.24) is 0 Å². The molecule has 2 bridgehead atoms. The molecule has 1 amide bonds. The van der Waals surface area contributed by atoms with Crippen LogP contribution in [0, 0.1) is 55.7 Å². The molecule has 0 aromatic rings. The van der Waals surface area contributed by atoms with Crippen LogP contribution in [0.4, 0.5) is 0 Å². The predicted molar refractivity (Wildman–Crippen MR) is 144 cm³/mol. The van der Waals surface area contributed by atoms with Crippen LogP contribution >= 0.6 is 0 Å². The Morgan fingerprint density at radius 2 is 1.77 bits per heavy atom. The van der Waals surface area contributed by atoms with Gasteiger partial charge in [-0.1, -0.05) is 54.5 Å². The van der Waals surface area contributed by atoms with Crippen molar-refractivity contribution < 1.29 is 23.9 Å². The summed E-state index contributed by atoms with van der Waals surface area (Å²) in [5.74, 6) is -2.56. The lowest BCUT2D eigenvalue weighted by Crippen LogP contribution is -2.71. The van der Waals surface area contributed by atoms with E-state index in [1.54, 1.807) is 19.1 Å². The maximum Gasteiger partial charge on any atom is 0.313 e. The van der Waals surface area contributed by atoms with Gasteiger partial charge in [-0.25, -0.2) is 0 Å². The molecular formula is C32H42N2O5. The zero-order chi connectivity index (χ0) is 29.2. The van der Waals surface area contributed by atoms with Gasteiger partial charge in [-0.15, -0.1) is 0 Å². The van der Waals surface area contributed by atoms with Gasteiger partial charge in [0.15, 0.2) is 17.2 Å². The Labute approximate surface area is 231 Å². The van der Waals surface area contributed by atoms with E-state index in [2.05, 4.69) is 34.6 Å². The Morgan fingerprint density at radius 3 is 2.33 bits per heavy atom. The summed E-state index contributed by atoms with van der Waals surface area (Å²) in [6.45, 7) is 16.2. The van der Waals surface area contributed by atoms with Gasteiger partial charge in [-0.05, 0) is 73.8 Å². The minimum Gasteiger partial charge on any atom is -0.449 e. The highest BCUT2D eigenvalue weighted by molar-refractivity contribution is 6.16. The van der Waals surface area contributed by atoms with Gasteiger partial charge in [0.05, 0.1) is 11.0 Å². The summed E-state index contributed by atoms with van der Waals surface area (Å²) in [6, 6.07) is 2.00. The Balaban J connectivity index is 1.71. The fourth-order valence-electron chi connectivity index (χ4n) is 9.75. The van der Waals surface area contributed by atoms with Gasteiger partial charge in [0.2, 0.25) is 5.91 Å². The van der Waals surface area contributed by atoms with E-state index in [4.69, 9.17) is 10.5 Å². The number of carbonyl (C=O) groups is 4. The van der Waals surface area contributed by atoms with Gasteiger partial charge in [0.1, 0.15) is 11.5 Å². The van der Waals surface area contributed by atoms with E-state index in [0.717, 1.165) is 12.0 Å². The molecule has 0 radical (unpaired) electrons. The molecule has 210 valence electrons. The van der Waals surface area contributed by atoms with Gasteiger partial charge >= 0.3 is 5.97 Å². The third kappa shape index (κ3) is 2.93. The van der Waals surface area contributed by atoms with Gasteiger partial charge in [0.25, 0.3) is 0 Å². The molecule has 8 atom stereocenters. The number of ketones is 2. The van der Waals surface area contributed by atoms with E-state index in [0.29, 0.717) is 32.1 Å². The van der Waals surface area contributed by atoms with Crippen LogP contribution in [0.25, 0.3) is 0 Å². The number of hydrogen-bond acceptors (Lipinski definition) is 6. The average molecular weight is 535 g/mol. The molecule has 1 aliphatic heterocycles. The van der Waals surface area contributed by atoms with Crippen LogP contribution < -0.4 is 5.73 Å². The number of carbonyl (C=O) groups excluding carboxylic acids is 4. The van der Waals surface area contributed by atoms with Crippen LogP contribution in [-0.2, 0) is 23.9 Å². The third-order valence-corrected chi connectivity index (χ3v) is 12.5. The van der Waals surface area contributed by atoms with Crippen LogP contribution in [0.3, 0.4) is 0 Å². The first-order valence-corrected chi connectivity index (χ1v) is 14.3. The van der Waals surface area contributed by atoms with Gasteiger partial charge < -0.3 is 10.5 Å². The Morgan fingerprint density at radius 1 is 1.13 bits per heavy atom. The van der Waals surface area contributed by atoms with Gasteiger partial charge in [-0.2, -0.15) is 5.26 Å². The van der Waals surface area contributed by atoms with Crippen LogP contribution in [-0.4, -0.2) is 29.0 Å². The highest BCUT2D eigenvalue weighted by Gasteiger charge is 2.81. The molecule has 5 rings (SSSR count). The summed E-state index contributed by atoms with van der Waals surface area (Å²) >= 11 is 0. The number of Topliss-reactive ketones (excluding diaryl/α,β-unsaturated/α-hetero) is 1. The summed E-state index contributed by atoms with van der Waals surface area (Å²) in [6.07, 6.45) is 7.27. The number of amides is 1. The molecule has 2 saturated carbocycles. The van der Waals surface area contributed by atoms with E-state index in [1.807, 2.05) is 19.9 Å².